The van der Waals surface area contributed by atoms with E-state index >= 15 is 0 Å². The maximum Gasteiger partial charge on any atom is 0.166 e. The van der Waals surface area contributed by atoms with Gasteiger partial charge in [0.1, 0.15) is 11.6 Å². The predicted octanol–water partition coefficient (Wildman–Crippen LogP) is 3.80. The molecule has 5 heteroatoms. The molecule has 2 aromatic carbocycles. The molecule has 2 rings (SSSR count). The van der Waals surface area contributed by atoms with Crippen LogP contribution in [0.5, 0.6) is 5.75 Å². The zero-order valence-corrected chi connectivity index (χ0v) is 12.3. The summed E-state index contributed by atoms with van der Waals surface area (Å²) in [5.74, 6) is -0.219. The lowest BCUT2D eigenvalue weighted by Crippen LogP contribution is -2.13. The first-order valence-electron chi connectivity index (χ1n) is 5.53. The fraction of sp³-hybridized carbons (Fsp3) is 0.0714. The predicted molar refractivity (Wildman–Crippen MR) is 80.8 cm³/mol. The van der Waals surface area contributed by atoms with Crippen molar-refractivity contribution in [2.45, 2.75) is 6.61 Å². The Labute approximate surface area is 124 Å². The third kappa shape index (κ3) is 3.52. The molecular weight excluding hydrogens is 329 g/mol. The number of benzene rings is 2. The van der Waals surface area contributed by atoms with Gasteiger partial charge in [-0.1, -0.05) is 52.4 Å². The van der Waals surface area contributed by atoms with E-state index in [0.29, 0.717) is 9.46 Å². The van der Waals surface area contributed by atoms with E-state index in [2.05, 4.69) is 15.9 Å². The molecule has 0 atom stereocenters. The van der Waals surface area contributed by atoms with Crippen LogP contribution in [0.25, 0.3) is 0 Å². The van der Waals surface area contributed by atoms with Crippen molar-refractivity contribution in [3.05, 3.63) is 63.9 Å². The number of halogens is 2. The van der Waals surface area contributed by atoms with E-state index in [1.165, 1.54) is 6.07 Å². The van der Waals surface area contributed by atoms with Crippen molar-refractivity contribution >= 4 is 33.1 Å². The van der Waals surface area contributed by atoms with Gasteiger partial charge in [-0.2, -0.15) is 0 Å². The molecule has 0 aliphatic rings. The molecule has 2 nitrogen and oxygen atoms in total. The van der Waals surface area contributed by atoms with Gasteiger partial charge in [0.2, 0.25) is 0 Å². The first-order chi connectivity index (χ1) is 9.08. The molecule has 2 N–H and O–H groups in total. The van der Waals surface area contributed by atoms with Crippen molar-refractivity contribution in [3.63, 3.8) is 0 Å². The molecule has 0 saturated heterocycles. The zero-order chi connectivity index (χ0) is 13.8. The second-order valence-electron chi connectivity index (χ2n) is 3.88. The molecule has 0 fully saturated rings. The summed E-state index contributed by atoms with van der Waals surface area (Å²) < 4.78 is 19.7. The minimum absolute atomic E-state index is 0.195. The maximum absolute atomic E-state index is 13.6. The minimum Gasteiger partial charge on any atom is -0.486 e. The standard InChI is InChI=1S/C14H11BrFNOS/c15-10-5-6-13(12(16)7-10)18-8-9-3-1-2-4-11(9)14(17)19/h1-7H,8H2,(H2,17,19). The fourth-order valence-corrected chi connectivity index (χ4v) is 2.17. The summed E-state index contributed by atoms with van der Waals surface area (Å²) >= 11 is 8.16. The van der Waals surface area contributed by atoms with Crippen LogP contribution in [0, 0.1) is 5.82 Å². The Balaban J connectivity index is 2.17. The van der Waals surface area contributed by atoms with E-state index in [-0.39, 0.29) is 12.4 Å². The molecular formula is C14H11BrFNOS. The summed E-state index contributed by atoms with van der Waals surface area (Å²) in [7, 11) is 0. The molecule has 0 aliphatic carbocycles. The van der Waals surface area contributed by atoms with Gasteiger partial charge in [0, 0.05) is 10.0 Å². The van der Waals surface area contributed by atoms with Gasteiger partial charge >= 0.3 is 0 Å². The van der Waals surface area contributed by atoms with E-state index < -0.39 is 5.82 Å². The van der Waals surface area contributed by atoms with Gasteiger partial charge < -0.3 is 10.5 Å². The molecule has 0 heterocycles. The lowest BCUT2D eigenvalue weighted by atomic mass is 10.1. The van der Waals surface area contributed by atoms with Crippen LogP contribution in [-0.2, 0) is 6.61 Å². The zero-order valence-electron chi connectivity index (χ0n) is 9.90. The molecule has 98 valence electrons. The van der Waals surface area contributed by atoms with Crippen LogP contribution >= 0.6 is 28.1 Å². The van der Waals surface area contributed by atoms with Crippen molar-refractivity contribution in [2.24, 2.45) is 5.73 Å². The van der Waals surface area contributed by atoms with Crippen molar-refractivity contribution in [1.29, 1.82) is 0 Å². The Bertz CT molecular complexity index is 618. The largest absolute Gasteiger partial charge is 0.486 e. The van der Waals surface area contributed by atoms with Crippen LogP contribution in [-0.4, -0.2) is 4.99 Å². The molecule has 0 spiro atoms. The number of hydrogen-bond acceptors (Lipinski definition) is 2. The monoisotopic (exact) mass is 339 g/mol. The Morgan fingerprint density at radius 3 is 2.68 bits per heavy atom. The van der Waals surface area contributed by atoms with Crippen LogP contribution < -0.4 is 10.5 Å². The van der Waals surface area contributed by atoms with Crippen molar-refractivity contribution in [1.82, 2.24) is 0 Å². The number of ether oxygens (including phenoxy) is 1. The first kappa shape index (κ1) is 14.0. The summed E-state index contributed by atoms with van der Waals surface area (Å²) in [5, 5.41) is 0. The summed E-state index contributed by atoms with van der Waals surface area (Å²) in [6.45, 7) is 0.214. The normalized spacial score (nSPS) is 10.2. The quantitative estimate of drug-likeness (QED) is 0.860. The minimum atomic E-state index is -0.415. The van der Waals surface area contributed by atoms with E-state index in [1.807, 2.05) is 24.3 Å². The van der Waals surface area contributed by atoms with Crippen LogP contribution in [0.15, 0.2) is 46.9 Å². The molecule has 0 bridgehead atoms. The summed E-state index contributed by atoms with van der Waals surface area (Å²) in [6, 6.07) is 12.0. The molecule has 0 unspecified atom stereocenters. The summed E-state index contributed by atoms with van der Waals surface area (Å²) in [4.78, 5) is 0.301. The number of rotatable bonds is 4. The highest BCUT2D eigenvalue weighted by Gasteiger charge is 2.07. The van der Waals surface area contributed by atoms with Gasteiger partial charge in [-0.3, -0.25) is 0 Å². The average Bonchev–Trinajstić information content (AvgIpc) is 2.38. The van der Waals surface area contributed by atoms with E-state index in [4.69, 9.17) is 22.7 Å². The number of hydrogen-bond donors (Lipinski definition) is 1. The van der Waals surface area contributed by atoms with Crippen molar-refractivity contribution in [2.75, 3.05) is 0 Å². The lowest BCUT2D eigenvalue weighted by Gasteiger charge is -2.10. The molecule has 0 aliphatic heterocycles. The Hall–Kier alpha value is -1.46. The van der Waals surface area contributed by atoms with Gasteiger partial charge in [0.15, 0.2) is 11.6 Å². The molecule has 19 heavy (non-hydrogen) atoms. The Morgan fingerprint density at radius 1 is 1.26 bits per heavy atom. The maximum atomic E-state index is 13.6. The van der Waals surface area contributed by atoms with Crippen LogP contribution in [0.4, 0.5) is 4.39 Å². The third-order valence-corrected chi connectivity index (χ3v) is 3.27. The molecule has 0 radical (unpaired) electrons. The van der Waals surface area contributed by atoms with E-state index in [0.717, 1.165) is 11.1 Å². The first-order valence-corrected chi connectivity index (χ1v) is 6.73. The molecule has 0 saturated carbocycles. The number of nitrogens with two attached hydrogens (primary N) is 1. The van der Waals surface area contributed by atoms with Gasteiger partial charge in [-0.15, -0.1) is 0 Å². The highest BCUT2D eigenvalue weighted by atomic mass is 79.9. The molecule has 2 aromatic rings. The van der Waals surface area contributed by atoms with E-state index in [9.17, 15) is 4.39 Å². The Morgan fingerprint density at radius 2 is 2.00 bits per heavy atom. The summed E-state index contributed by atoms with van der Waals surface area (Å²) in [6.07, 6.45) is 0. The number of thiocarbonyl (C=S) groups is 1. The molecule has 0 aromatic heterocycles. The van der Waals surface area contributed by atoms with Gasteiger partial charge in [0.05, 0.1) is 0 Å². The summed E-state index contributed by atoms with van der Waals surface area (Å²) in [5.41, 5.74) is 7.21. The van der Waals surface area contributed by atoms with Crippen molar-refractivity contribution in [3.8, 4) is 5.75 Å². The van der Waals surface area contributed by atoms with Crippen molar-refractivity contribution < 1.29 is 9.13 Å². The second-order valence-corrected chi connectivity index (χ2v) is 5.24. The average molecular weight is 340 g/mol. The van der Waals surface area contributed by atoms with Crippen LogP contribution in [0.1, 0.15) is 11.1 Å². The van der Waals surface area contributed by atoms with E-state index in [1.54, 1.807) is 12.1 Å². The highest BCUT2D eigenvalue weighted by molar-refractivity contribution is 9.10. The smallest absolute Gasteiger partial charge is 0.166 e. The third-order valence-electron chi connectivity index (χ3n) is 2.56. The topological polar surface area (TPSA) is 35.2 Å². The van der Waals surface area contributed by atoms with Gasteiger partial charge in [-0.05, 0) is 23.8 Å². The SMILES string of the molecule is NC(=S)c1ccccc1COc1ccc(Br)cc1F. The van der Waals surface area contributed by atoms with Crippen LogP contribution in [0.3, 0.4) is 0 Å². The lowest BCUT2D eigenvalue weighted by molar-refractivity contribution is 0.290. The second kappa shape index (κ2) is 6.12. The fourth-order valence-electron chi connectivity index (χ4n) is 1.63. The highest BCUT2D eigenvalue weighted by Crippen LogP contribution is 2.22. The molecule has 0 amide bonds. The van der Waals surface area contributed by atoms with Gasteiger partial charge in [-0.25, -0.2) is 4.39 Å². The Kier molecular flexibility index (Phi) is 4.50. The van der Waals surface area contributed by atoms with Crippen LogP contribution in [0.2, 0.25) is 0 Å². The van der Waals surface area contributed by atoms with Gasteiger partial charge in [0.25, 0.3) is 0 Å².